The summed E-state index contributed by atoms with van der Waals surface area (Å²) in [4.78, 5) is 34.1. The highest BCUT2D eigenvalue weighted by molar-refractivity contribution is 5.82. The van der Waals surface area contributed by atoms with E-state index >= 15 is 0 Å². The van der Waals surface area contributed by atoms with E-state index < -0.39 is 54.2 Å². The first-order valence-corrected chi connectivity index (χ1v) is 8.83. The minimum atomic E-state index is -0.869. The first-order chi connectivity index (χ1) is 12.6. The lowest BCUT2D eigenvalue weighted by Gasteiger charge is -2.26. The van der Waals surface area contributed by atoms with Crippen molar-refractivity contribution < 1.29 is 38.1 Å². The van der Waals surface area contributed by atoms with Crippen LogP contribution in [0.2, 0.25) is 0 Å². The molecule has 0 aliphatic carbocycles. The third-order valence-electron chi connectivity index (χ3n) is 4.03. The van der Waals surface area contributed by atoms with E-state index in [1.165, 1.54) is 19.9 Å². The second-order valence-corrected chi connectivity index (χ2v) is 6.95. The van der Waals surface area contributed by atoms with Crippen LogP contribution in [0, 0.1) is 0 Å². The highest BCUT2D eigenvalue weighted by Crippen LogP contribution is 2.33. The Labute approximate surface area is 158 Å². The Hall–Kier alpha value is -2.19. The summed E-state index contributed by atoms with van der Waals surface area (Å²) >= 11 is 0. The van der Waals surface area contributed by atoms with Gasteiger partial charge in [-0.25, -0.2) is 4.79 Å². The number of cyclic esters (lactones) is 1. The van der Waals surface area contributed by atoms with Crippen LogP contribution in [0.3, 0.4) is 0 Å². The van der Waals surface area contributed by atoms with Gasteiger partial charge in [0, 0.05) is 26.3 Å². The molecule has 2 heterocycles. The molecule has 0 spiro atoms. The molecule has 1 fully saturated rings. The van der Waals surface area contributed by atoms with Crippen LogP contribution in [-0.4, -0.2) is 54.2 Å². The number of hydrogen-bond acceptors (Lipinski definition) is 8. The molecule has 0 aromatic rings. The maximum absolute atomic E-state index is 11.5. The zero-order valence-corrected chi connectivity index (χ0v) is 16.2. The normalized spacial score (nSPS) is 29.2. The first-order valence-electron chi connectivity index (χ1n) is 8.83. The standard InChI is InChI=1S/C19H26O8/c1-11(23-12(2)20)14(24-13(3)21)9-10-16-18(27-19(4,5)26-16)15-7-6-8-17(22)25-15/h6,8-11,14-16,18H,7H2,1-5H3/b10-9+/t11-,14-,15-,16-,18-/m1/s1. The summed E-state index contributed by atoms with van der Waals surface area (Å²) in [7, 11) is 0. The van der Waals surface area contributed by atoms with Gasteiger partial charge >= 0.3 is 17.9 Å². The lowest BCUT2D eigenvalue weighted by molar-refractivity contribution is -0.168. The molecule has 8 heteroatoms. The van der Waals surface area contributed by atoms with Gasteiger partial charge in [0.1, 0.15) is 24.4 Å². The minimum absolute atomic E-state index is 0.427. The lowest BCUT2D eigenvalue weighted by Crippen LogP contribution is -2.39. The number of carbonyl (C=O) groups is 3. The first kappa shape index (κ1) is 21.1. The maximum Gasteiger partial charge on any atom is 0.330 e. The van der Waals surface area contributed by atoms with Crippen LogP contribution in [0.4, 0.5) is 0 Å². The molecule has 0 aromatic carbocycles. The lowest BCUT2D eigenvalue weighted by atomic mass is 10.0. The number of ether oxygens (including phenoxy) is 5. The fourth-order valence-electron chi connectivity index (χ4n) is 3.02. The Morgan fingerprint density at radius 2 is 1.89 bits per heavy atom. The van der Waals surface area contributed by atoms with E-state index in [4.69, 9.17) is 23.7 Å². The van der Waals surface area contributed by atoms with E-state index in [1.54, 1.807) is 39.0 Å². The van der Waals surface area contributed by atoms with E-state index in [2.05, 4.69) is 0 Å². The molecular formula is C19H26O8. The van der Waals surface area contributed by atoms with Crippen LogP contribution in [0.1, 0.15) is 41.0 Å². The predicted octanol–water partition coefficient (Wildman–Crippen LogP) is 1.82. The number of rotatable bonds is 6. The van der Waals surface area contributed by atoms with Crippen molar-refractivity contribution in [1.82, 2.24) is 0 Å². The zero-order valence-electron chi connectivity index (χ0n) is 16.2. The monoisotopic (exact) mass is 382 g/mol. The van der Waals surface area contributed by atoms with Crippen molar-refractivity contribution in [2.24, 2.45) is 0 Å². The molecule has 0 unspecified atom stereocenters. The van der Waals surface area contributed by atoms with Gasteiger partial charge in [-0.2, -0.15) is 0 Å². The van der Waals surface area contributed by atoms with E-state index in [0.29, 0.717) is 6.42 Å². The summed E-state index contributed by atoms with van der Waals surface area (Å²) in [6.07, 6.45) is 3.89. The third-order valence-corrected chi connectivity index (χ3v) is 4.03. The molecule has 150 valence electrons. The second-order valence-electron chi connectivity index (χ2n) is 6.95. The molecular weight excluding hydrogens is 356 g/mol. The van der Waals surface area contributed by atoms with Crippen molar-refractivity contribution >= 4 is 17.9 Å². The summed E-state index contributed by atoms with van der Waals surface area (Å²) in [5.74, 6) is -2.28. The van der Waals surface area contributed by atoms with Gasteiger partial charge in [0.15, 0.2) is 11.9 Å². The second kappa shape index (κ2) is 8.67. The van der Waals surface area contributed by atoms with Gasteiger partial charge in [-0.15, -0.1) is 0 Å². The third kappa shape index (κ3) is 6.18. The van der Waals surface area contributed by atoms with Gasteiger partial charge in [-0.1, -0.05) is 12.2 Å². The van der Waals surface area contributed by atoms with Crippen molar-refractivity contribution in [3.05, 3.63) is 24.3 Å². The van der Waals surface area contributed by atoms with E-state index in [1.807, 2.05) is 0 Å². The molecule has 2 aliphatic heterocycles. The van der Waals surface area contributed by atoms with Gasteiger partial charge < -0.3 is 23.7 Å². The van der Waals surface area contributed by atoms with E-state index in [0.717, 1.165) is 0 Å². The number of hydrogen-bond donors (Lipinski definition) is 0. The minimum Gasteiger partial charge on any atom is -0.459 e. The molecule has 2 rings (SSSR count). The van der Waals surface area contributed by atoms with E-state index in [-0.39, 0.29) is 0 Å². The summed E-state index contributed by atoms with van der Waals surface area (Å²) < 4.78 is 27.5. The summed E-state index contributed by atoms with van der Waals surface area (Å²) in [5.41, 5.74) is 0. The van der Waals surface area contributed by atoms with Gasteiger partial charge in [0.25, 0.3) is 0 Å². The fourth-order valence-corrected chi connectivity index (χ4v) is 3.02. The maximum atomic E-state index is 11.5. The van der Waals surface area contributed by atoms with Gasteiger partial charge in [0.2, 0.25) is 0 Å². The van der Waals surface area contributed by atoms with Crippen LogP contribution in [0.5, 0.6) is 0 Å². The molecule has 0 radical (unpaired) electrons. The van der Waals surface area contributed by atoms with Crippen molar-refractivity contribution in [2.75, 3.05) is 0 Å². The molecule has 5 atom stereocenters. The molecule has 0 N–H and O–H groups in total. The number of carbonyl (C=O) groups excluding carboxylic acids is 3. The SMILES string of the molecule is CC(=O)O[C@H](C)[C@@H](/C=C/[C@H]1OC(C)(C)O[C@@H]1[C@H]1CC=CC(=O)O1)OC(C)=O. The van der Waals surface area contributed by atoms with E-state index in [9.17, 15) is 14.4 Å². The predicted molar refractivity (Wildman–Crippen MR) is 93.4 cm³/mol. The molecule has 0 saturated carbocycles. The highest BCUT2D eigenvalue weighted by atomic mass is 16.8. The van der Waals surface area contributed by atoms with Crippen molar-refractivity contribution in [3.8, 4) is 0 Å². The van der Waals surface area contributed by atoms with Crippen LogP contribution in [0.15, 0.2) is 24.3 Å². The average Bonchev–Trinajstić information content (AvgIpc) is 2.85. The number of esters is 3. The molecule has 8 nitrogen and oxygen atoms in total. The van der Waals surface area contributed by atoms with Crippen LogP contribution >= 0.6 is 0 Å². The molecule has 0 aromatic heterocycles. The van der Waals surface area contributed by atoms with Crippen molar-refractivity contribution in [3.63, 3.8) is 0 Å². The van der Waals surface area contributed by atoms with Crippen LogP contribution in [0.25, 0.3) is 0 Å². The summed E-state index contributed by atoms with van der Waals surface area (Å²) in [6, 6.07) is 0. The topological polar surface area (TPSA) is 97.4 Å². The largest absolute Gasteiger partial charge is 0.459 e. The van der Waals surface area contributed by atoms with Crippen LogP contribution < -0.4 is 0 Å². The van der Waals surface area contributed by atoms with Crippen LogP contribution in [-0.2, 0) is 38.1 Å². The molecule has 0 bridgehead atoms. The molecule has 1 saturated heterocycles. The highest BCUT2D eigenvalue weighted by Gasteiger charge is 2.45. The Bertz CT molecular complexity index is 636. The molecule has 2 aliphatic rings. The van der Waals surface area contributed by atoms with Crippen molar-refractivity contribution in [2.45, 2.75) is 77.3 Å². The molecule has 0 amide bonds. The fraction of sp³-hybridized carbons (Fsp3) is 0.632. The summed E-state index contributed by atoms with van der Waals surface area (Å²) in [6.45, 7) is 7.71. The average molecular weight is 382 g/mol. The molecule has 27 heavy (non-hydrogen) atoms. The zero-order chi connectivity index (χ0) is 20.2. The van der Waals surface area contributed by atoms with Crippen molar-refractivity contribution in [1.29, 1.82) is 0 Å². The Kier molecular flexibility index (Phi) is 6.78. The quantitative estimate of drug-likeness (QED) is 0.390. The van der Waals surface area contributed by atoms with Gasteiger partial charge in [0.05, 0.1) is 0 Å². The Morgan fingerprint density at radius 1 is 1.22 bits per heavy atom. The summed E-state index contributed by atoms with van der Waals surface area (Å²) in [5, 5.41) is 0. The Morgan fingerprint density at radius 3 is 2.48 bits per heavy atom. The Balaban J connectivity index is 2.15. The van der Waals surface area contributed by atoms with Gasteiger partial charge in [-0.05, 0) is 26.8 Å². The van der Waals surface area contributed by atoms with Gasteiger partial charge in [-0.3, -0.25) is 9.59 Å². The smallest absolute Gasteiger partial charge is 0.330 e.